The minimum absolute atomic E-state index is 0.0646. The van der Waals surface area contributed by atoms with Crippen molar-refractivity contribution in [3.8, 4) is 17.1 Å². The van der Waals surface area contributed by atoms with Gasteiger partial charge in [0.2, 0.25) is 0 Å². The highest BCUT2D eigenvalue weighted by Gasteiger charge is 2.37. The fourth-order valence-corrected chi connectivity index (χ4v) is 6.89. The summed E-state index contributed by atoms with van der Waals surface area (Å²) in [5.74, 6) is -0.406. The maximum Gasteiger partial charge on any atom is 0.338 e. The highest BCUT2D eigenvalue weighted by molar-refractivity contribution is 7.07. The van der Waals surface area contributed by atoms with E-state index in [-0.39, 0.29) is 17.7 Å². The number of methoxy groups -OCH3 is 1. The van der Waals surface area contributed by atoms with Crippen LogP contribution in [-0.2, 0) is 9.53 Å². The Bertz CT molecular complexity index is 2230. The van der Waals surface area contributed by atoms with E-state index < -0.39 is 18.0 Å². The van der Waals surface area contributed by atoms with Gasteiger partial charge in [-0.3, -0.25) is 9.36 Å². The van der Waals surface area contributed by atoms with Gasteiger partial charge < -0.3 is 19.0 Å². The predicted molar refractivity (Wildman–Crippen MR) is 176 cm³/mol. The molecule has 1 N–H and O–H groups in total. The Labute approximate surface area is 272 Å². The zero-order valence-corrected chi connectivity index (χ0v) is 26.8. The summed E-state index contributed by atoms with van der Waals surface area (Å²) in [7, 11) is 1.56. The van der Waals surface area contributed by atoms with Crippen LogP contribution < -0.4 is 19.6 Å². The molecule has 2 aromatic heterocycles. The lowest BCUT2D eigenvalue weighted by Gasteiger charge is -2.28. The summed E-state index contributed by atoms with van der Waals surface area (Å²) >= 11 is 7.54. The van der Waals surface area contributed by atoms with Crippen molar-refractivity contribution in [3.63, 3.8) is 0 Å². The molecule has 1 atom stereocenters. The highest BCUT2D eigenvalue weighted by Crippen LogP contribution is 2.41. The number of hydrogen-bond acceptors (Lipinski definition) is 8. The fourth-order valence-electron chi connectivity index (χ4n) is 5.68. The molecule has 0 saturated carbocycles. The molecule has 0 saturated heterocycles. The number of thiazole rings is 1. The SMILES string of the molecule is CCCC1=C(C(=O)OCC)[C@@H](c2c(OC)ccc3ccccc23)n2c(s/c(=C\c3ccc(-c4cc(C(=O)O)ccc4Cl)o3)c2=O)=N1. The number of carbonyl (C=O) groups is 2. The second-order valence-electron chi connectivity index (χ2n) is 10.5. The molecule has 0 bridgehead atoms. The van der Waals surface area contributed by atoms with Crippen LogP contribution >= 0.6 is 22.9 Å². The first-order valence-electron chi connectivity index (χ1n) is 14.7. The number of nitrogens with zero attached hydrogens (tertiary/aromatic N) is 2. The molecule has 1 aliphatic rings. The van der Waals surface area contributed by atoms with E-state index in [4.69, 9.17) is 30.5 Å². The van der Waals surface area contributed by atoms with E-state index >= 15 is 0 Å². The lowest BCUT2D eigenvalue weighted by Crippen LogP contribution is -2.40. The number of rotatable bonds is 9. The zero-order chi connectivity index (χ0) is 32.5. The third-order valence-electron chi connectivity index (χ3n) is 7.70. The maximum atomic E-state index is 14.3. The summed E-state index contributed by atoms with van der Waals surface area (Å²) in [5.41, 5.74) is 1.62. The van der Waals surface area contributed by atoms with Crippen LogP contribution in [0.5, 0.6) is 5.75 Å². The molecule has 0 unspecified atom stereocenters. The monoisotopic (exact) mass is 656 g/mol. The second kappa shape index (κ2) is 12.8. The summed E-state index contributed by atoms with van der Waals surface area (Å²) < 4.78 is 19.3. The Hall–Kier alpha value is -4.93. The number of halogens is 1. The van der Waals surface area contributed by atoms with Gasteiger partial charge in [0, 0.05) is 17.2 Å². The first-order chi connectivity index (χ1) is 22.2. The van der Waals surface area contributed by atoms with Gasteiger partial charge in [0.1, 0.15) is 23.3 Å². The van der Waals surface area contributed by atoms with E-state index in [1.807, 2.05) is 43.3 Å². The number of allylic oxidation sites excluding steroid dienone is 1. The molecule has 9 nitrogen and oxygen atoms in total. The lowest BCUT2D eigenvalue weighted by molar-refractivity contribution is -0.139. The normalized spacial score (nSPS) is 14.7. The number of esters is 1. The summed E-state index contributed by atoms with van der Waals surface area (Å²) in [6.45, 7) is 3.90. The minimum Gasteiger partial charge on any atom is -0.496 e. The number of ether oxygens (including phenoxy) is 2. The standard InChI is InChI=1S/C35H29ClN2O7S/c1-4-8-25-30(34(42)44-5-2)31(29-22-10-7-6-9-19(22)12-15-27(29)43-3)38-32(39)28(46-35(38)37-25)18-21-13-16-26(45-21)23-17-20(33(40)41)11-14-24(23)36/h6-7,9-18,31H,4-5,8H2,1-3H3,(H,40,41)/b28-18-/t31-/m1/s1. The third kappa shape index (κ3) is 5.54. The maximum absolute atomic E-state index is 14.3. The van der Waals surface area contributed by atoms with Crippen molar-refractivity contribution in [3.05, 3.63) is 120 Å². The van der Waals surface area contributed by atoms with E-state index in [1.165, 1.54) is 34.1 Å². The Kier molecular flexibility index (Phi) is 8.66. The van der Waals surface area contributed by atoms with Crippen LogP contribution in [0.25, 0.3) is 28.2 Å². The van der Waals surface area contributed by atoms with Crippen LogP contribution in [-0.4, -0.2) is 35.3 Å². The quantitative estimate of drug-likeness (QED) is 0.184. The van der Waals surface area contributed by atoms with Crippen LogP contribution in [0.3, 0.4) is 0 Å². The average molecular weight is 657 g/mol. The largest absolute Gasteiger partial charge is 0.496 e. The highest BCUT2D eigenvalue weighted by atomic mass is 35.5. The van der Waals surface area contributed by atoms with Crippen molar-refractivity contribution in [2.24, 2.45) is 4.99 Å². The summed E-state index contributed by atoms with van der Waals surface area (Å²) in [6.07, 6.45) is 2.82. The van der Waals surface area contributed by atoms with Crippen LogP contribution in [0.1, 0.15) is 54.4 Å². The van der Waals surface area contributed by atoms with Gasteiger partial charge in [0.25, 0.3) is 5.56 Å². The summed E-state index contributed by atoms with van der Waals surface area (Å²) in [4.78, 5) is 44.8. The number of carbonyl (C=O) groups excluding carboxylic acids is 1. The number of carboxylic acids is 1. The first-order valence-corrected chi connectivity index (χ1v) is 15.9. The van der Waals surface area contributed by atoms with Crippen molar-refractivity contribution < 1.29 is 28.6 Å². The number of hydrogen-bond donors (Lipinski definition) is 1. The molecule has 0 amide bonds. The van der Waals surface area contributed by atoms with Crippen LogP contribution in [0.15, 0.2) is 92.2 Å². The molecule has 0 spiro atoms. The number of benzene rings is 3. The van der Waals surface area contributed by atoms with Gasteiger partial charge in [-0.15, -0.1) is 0 Å². The molecular weight excluding hydrogens is 628 g/mol. The smallest absolute Gasteiger partial charge is 0.338 e. The van der Waals surface area contributed by atoms with Gasteiger partial charge >= 0.3 is 11.9 Å². The molecule has 46 heavy (non-hydrogen) atoms. The molecule has 5 aromatic rings. The molecule has 3 aromatic carbocycles. The molecule has 0 radical (unpaired) electrons. The van der Waals surface area contributed by atoms with E-state index in [1.54, 1.807) is 32.2 Å². The molecule has 6 rings (SSSR count). The van der Waals surface area contributed by atoms with E-state index in [9.17, 15) is 19.5 Å². The molecule has 1 aliphatic heterocycles. The molecule has 11 heteroatoms. The van der Waals surface area contributed by atoms with Gasteiger partial charge in [0.15, 0.2) is 4.80 Å². The van der Waals surface area contributed by atoms with Crippen molar-refractivity contribution in [1.29, 1.82) is 0 Å². The minimum atomic E-state index is -1.09. The Morgan fingerprint density at radius 1 is 1.11 bits per heavy atom. The Balaban J connectivity index is 1.58. The molecule has 234 valence electrons. The number of furan rings is 1. The number of carboxylic acid groups (broad SMARTS) is 1. The predicted octanol–water partition coefficient (Wildman–Crippen LogP) is 6.35. The van der Waals surface area contributed by atoms with Gasteiger partial charge in [0.05, 0.1) is 40.1 Å². The first kappa shape index (κ1) is 31.1. The van der Waals surface area contributed by atoms with Crippen molar-refractivity contribution >= 4 is 51.7 Å². The Morgan fingerprint density at radius 2 is 1.91 bits per heavy atom. The van der Waals surface area contributed by atoms with Gasteiger partial charge in [-0.05, 0) is 60.5 Å². The summed E-state index contributed by atoms with van der Waals surface area (Å²) in [6, 6.07) is 18.3. The van der Waals surface area contributed by atoms with Crippen molar-refractivity contribution in [2.45, 2.75) is 32.7 Å². The zero-order valence-electron chi connectivity index (χ0n) is 25.2. The third-order valence-corrected chi connectivity index (χ3v) is 9.01. The van der Waals surface area contributed by atoms with E-state index in [2.05, 4.69) is 0 Å². The average Bonchev–Trinajstić information content (AvgIpc) is 3.64. The van der Waals surface area contributed by atoms with Gasteiger partial charge in [-0.2, -0.15) is 0 Å². The van der Waals surface area contributed by atoms with Crippen LogP contribution in [0.4, 0.5) is 0 Å². The molecule has 0 fully saturated rings. The van der Waals surface area contributed by atoms with Crippen LogP contribution in [0.2, 0.25) is 5.02 Å². The fraction of sp³-hybridized carbons (Fsp3) is 0.200. The molecule has 0 aliphatic carbocycles. The van der Waals surface area contributed by atoms with Gasteiger partial charge in [-0.25, -0.2) is 14.6 Å². The number of aromatic carboxylic acids is 1. The van der Waals surface area contributed by atoms with Crippen molar-refractivity contribution in [2.75, 3.05) is 13.7 Å². The van der Waals surface area contributed by atoms with E-state index in [0.29, 0.717) is 60.4 Å². The van der Waals surface area contributed by atoms with Crippen molar-refractivity contribution in [1.82, 2.24) is 4.57 Å². The lowest BCUT2D eigenvalue weighted by atomic mass is 9.90. The van der Waals surface area contributed by atoms with E-state index in [0.717, 1.165) is 17.2 Å². The number of fused-ring (bicyclic) bond motifs is 2. The topological polar surface area (TPSA) is 120 Å². The summed E-state index contributed by atoms with van der Waals surface area (Å²) in [5, 5.41) is 11.5. The number of aromatic nitrogens is 1. The Morgan fingerprint density at radius 3 is 2.65 bits per heavy atom. The van der Waals surface area contributed by atoms with Gasteiger partial charge in [-0.1, -0.05) is 66.6 Å². The molecule has 3 heterocycles. The second-order valence-corrected chi connectivity index (χ2v) is 11.9. The molecular formula is C35H29ClN2O7S. The van der Waals surface area contributed by atoms with Crippen LogP contribution in [0, 0.1) is 0 Å².